The molecule has 0 aliphatic carbocycles. The molecule has 2 N–H and O–H groups in total. The number of halogens is 1. The van der Waals surface area contributed by atoms with Crippen LogP contribution in [-0.4, -0.2) is 66.1 Å². The normalized spacial score (nSPS) is 14.3. The number of nitrogens with one attached hydrogen (secondary N) is 2. The summed E-state index contributed by atoms with van der Waals surface area (Å²) < 4.78 is 62.2. The summed E-state index contributed by atoms with van der Waals surface area (Å²) in [7, 11) is -1.95. The van der Waals surface area contributed by atoms with Gasteiger partial charge in [0.05, 0.1) is 11.9 Å². The van der Waals surface area contributed by atoms with Gasteiger partial charge in [0, 0.05) is 61.3 Å². The van der Waals surface area contributed by atoms with Crippen LogP contribution in [-0.2, 0) is 33.0 Å². The van der Waals surface area contributed by atoms with E-state index in [-0.39, 0.29) is 35.0 Å². The Hall–Kier alpha value is -4.36. The minimum absolute atomic E-state index is 0.0150. The summed E-state index contributed by atoms with van der Waals surface area (Å²) in [6.07, 6.45) is 5.45. The van der Waals surface area contributed by atoms with Gasteiger partial charge < -0.3 is 28.7 Å². The van der Waals surface area contributed by atoms with E-state index in [0.29, 0.717) is 78.7 Å². The maximum atomic E-state index is 15.8. The zero-order valence-corrected chi connectivity index (χ0v) is 28.8. The molecular weight excluding hydrogens is 639 g/mol. The summed E-state index contributed by atoms with van der Waals surface area (Å²) in [6.45, 7) is 8.65. The van der Waals surface area contributed by atoms with E-state index < -0.39 is 21.4 Å². The smallest absolute Gasteiger partial charge is 0.410 e. The van der Waals surface area contributed by atoms with E-state index in [2.05, 4.69) is 9.71 Å². The van der Waals surface area contributed by atoms with Gasteiger partial charge in [0.2, 0.25) is 10.0 Å². The molecule has 3 heterocycles. The second-order valence-electron chi connectivity index (χ2n) is 12.9. The van der Waals surface area contributed by atoms with Crippen molar-refractivity contribution in [2.45, 2.75) is 65.1 Å². The van der Waals surface area contributed by atoms with Crippen molar-refractivity contribution >= 4 is 32.7 Å². The lowest BCUT2D eigenvalue weighted by molar-refractivity contribution is -0.0117. The molecule has 1 aliphatic rings. The van der Waals surface area contributed by atoms with Gasteiger partial charge in [-0.3, -0.25) is 9.52 Å². The molecule has 0 spiro atoms. The first-order valence-electron chi connectivity index (χ1n) is 16.1. The number of anilines is 1. The molecule has 0 unspecified atom stereocenters. The fourth-order valence-corrected chi connectivity index (χ4v) is 6.25. The average molecular weight is 683 g/mol. The van der Waals surface area contributed by atoms with Crippen molar-refractivity contribution < 1.29 is 31.8 Å². The second-order valence-corrected chi connectivity index (χ2v) is 14.9. The number of nitrogens with zero attached hydrogens (tertiary/aromatic N) is 2. The number of carbonyl (C=O) groups is 1. The molecule has 2 aromatic carbocycles. The predicted octanol–water partition coefficient (Wildman–Crippen LogP) is 6.58. The van der Waals surface area contributed by atoms with Crippen LogP contribution in [0.1, 0.15) is 52.5 Å². The number of aromatic nitrogens is 2. The Bertz CT molecular complexity index is 1940. The maximum Gasteiger partial charge on any atom is 0.410 e. The Morgan fingerprint density at radius 1 is 1.08 bits per heavy atom. The minimum atomic E-state index is -3.58. The molecule has 48 heavy (non-hydrogen) atoms. The minimum Gasteiger partial charge on any atom is -0.454 e. The van der Waals surface area contributed by atoms with Crippen LogP contribution < -0.4 is 15.0 Å². The number of hydrogen-bond donors (Lipinski definition) is 2. The molecule has 1 aliphatic heterocycles. The number of aryl methyl sites for hydroxylation is 2. The lowest BCUT2D eigenvalue weighted by atomic mass is 10.0. The number of amides is 1. The van der Waals surface area contributed by atoms with E-state index in [1.54, 1.807) is 60.7 Å². The largest absolute Gasteiger partial charge is 0.454 e. The van der Waals surface area contributed by atoms with Crippen LogP contribution in [0.3, 0.4) is 0 Å². The van der Waals surface area contributed by atoms with Gasteiger partial charge in [-0.05, 0) is 89.3 Å². The highest BCUT2D eigenvalue weighted by Gasteiger charge is 2.27. The van der Waals surface area contributed by atoms with Crippen molar-refractivity contribution in [2.75, 3.05) is 30.2 Å². The molecule has 1 amide bonds. The Balaban J connectivity index is 1.29. The summed E-state index contributed by atoms with van der Waals surface area (Å²) in [5.41, 5.74) is 1.47. The number of pyridine rings is 1. The highest BCUT2D eigenvalue weighted by molar-refractivity contribution is 7.92. The van der Waals surface area contributed by atoms with Crippen molar-refractivity contribution in [2.24, 2.45) is 7.05 Å². The molecule has 2 aromatic heterocycles. The van der Waals surface area contributed by atoms with E-state index in [1.165, 1.54) is 17.6 Å². The van der Waals surface area contributed by atoms with Crippen molar-refractivity contribution in [3.63, 3.8) is 0 Å². The van der Waals surface area contributed by atoms with E-state index >= 15 is 4.39 Å². The molecule has 0 atom stereocenters. The van der Waals surface area contributed by atoms with E-state index in [4.69, 9.17) is 14.2 Å². The van der Waals surface area contributed by atoms with Crippen LogP contribution in [0, 0.1) is 5.82 Å². The zero-order chi connectivity index (χ0) is 34.6. The quantitative estimate of drug-likeness (QED) is 0.171. The number of rotatable bonds is 11. The molecule has 258 valence electrons. The number of fused-ring (bicyclic) bond motifs is 1. The molecule has 5 rings (SSSR count). The monoisotopic (exact) mass is 682 g/mol. The third-order valence-corrected chi connectivity index (χ3v) is 9.42. The van der Waals surface area contributed by atoms with Gasteiger partial charge in [-0.2, -0.15) is 0 Å². The van der Waals surface area contributed by atoms with E-state index in [9.17, 15) is 18.0 Å². The SMILES string of the molecule is CCS(=O)(=O)Nc1ccc(Oc2cccc(CCCOC3CCN(C(=O)OC(C)(C)C)CC3)c2F)c(-c2cn(C)c(=O)c3[nH]ccc23)c1. The zero-order valence-electron chi connectivity index (χ0n) is 28.0. The summed E-state index contributed by atoms with van der Waals surface area (Å²) >= 11 is 0. The topological polar surface area (TPSA) is 132 Å². The van der Waals surface area contributed by atoms with Crippen LogP contribution in [0.4, 0.5) is 14.9 Å². The van der Waals surface area contributed by atoms with Crippen molar-refractivity contribution in [3.8, 4) is 22.6 Å². The molecule has 1 fully saturated rings. The number of ether oxygens (including phenoxy) is 3. The number of piperidine rings is 1. The third-order valence-electron chi connectivity index (χ3n) is 8.12. The molecule has 0 radical (unpaired) electrons. The lowest BCUT2D eigenvalue weighted by Crippen LogP contribution is -2.43. The van der Waals surface area contributed by atoms with Gasteiger partial charge in [0.1, 0.15) is 16.9 Å². The fourth-order valence-electron chi connectivity index (χ4n) is 5.62. The molecule has 1 saturated heterocycles. The first kappa shape index (κ1) is 35.0. The Kier molecular flexibility index (Phi) is 10.5. The fraction of sp³-hybridized carbons (Fsp3) is 0.429. The second kappa shape index (κ2) is 14.4. The summed E-state index contributed by atoms with van der Waals surface area (Å²) in [5, 5.41) is 0.614. The van der Waals surface area contributed by atoms with Gasteiger partial charge in [0.25, 0.3) is 5.56 Å². The third kappa shape index (κ3) is 8.37. The molecular formula is C35H43FN4O7S. The Labute approximate surface area is 280 Å². The van der Waals surface area contributed by atoms with Gasteiger partial charge in [-0.25, -0.2) is 17.6 Å². The molecule has 0 saturated carbocycles. The standard InChI is InChI=1S/C35H43FN4O7S/c1-6-48(43,44)38-24-12-13-29(27(21-24)28-22-39(5)33(41)32-26(28)14-17-37-32)46-30-11-7-9-23(31(30)36)10-8-20-45-25-15-18-40(19-16-25)34(42)47-35(2,3)4/h7,9,11-14,17,21-22,25,37-38H,6,8,10,15-16,18-20H2,1-5H3. The summed E-state index contributed by atoms with van der Waals surface area (Å²) in [4.78, 5) is 29.7. The maximum absolute atomic E-state index is 15.8. The highest BCUT2D eigenvalue weighted by Crippen LogP contribution is 2.39. The Morgan fingerprint density at radius 2 is 1.83 bits per heavy atom. The molecule has 0 bridgehead atoms. The molecule has 11 nitrogen and oxygen atoms in total. The Morgan fingerprint density at radius 3 is 2.54 bits per heavy atom. The number of H-pyrrole nitrogens is 1. The van der Waals surface area contributed by atoms with Crippen LogP contribution in [0.25, 0.3) is 22.0 Å². The highest BCUT2D eigenvalue weighted by atomic mass is 32.2. The molecule has 4 aromatic rings. The number of hydrogen-bond acceptors (Lipinski definition) is 7. The number of aromatic amines is 1. The molecule has 13 heteroatoms. The van der Waals surface area contributed by atoms with Crippen LogP contribution in [0.5, 0.6) is 11.5 Å². The number of sulfonamides is 1. The van der Waals surface area contributed by atoms with E-state index in [1.807, 2.05) is 20.8 Å². The summed E-state index contributed by atoms with van der Waals surface area (Å²) in [6, 6.07) is 11.5. The van der Waals surface area contributed by atoms with Gasteiger partial charge in [-0.15, -0.1) is 0 Å². The van der Waals surface area contributed by atoms with Crippen LogP contribution in [0.2, 0.25) is 0 Å². The predicted molar refractivity (Wildman–Crippen MR) is 184 cm³/mol. The number of carbonyl (C=O) groups excluding carboxylic acids is 1. The van der Waals surface area contributed by atoms with Gasteiger partial charge in [-0.1, -0.05) is 12.1 Å². The first-order valence-corrected chi connectivity index (χ1v) is 17.8. The van der Waals surface area contributed by atoms with Crippen molar-refractivity contribution in [1.82, 2.24) is 14.5 Å². The van der Waals surface area contributed by atoms with Crippen molar-refractivity contribution in [3.05, 3.63) is 76.6 Å². The lowest BCUT2D eigenvalue weighted by Gasteiger charge is -2.33. The average Bonchev–Trinajstić information content (AvgIpc) is 3.53. The first-order chi connectivity index (χ1) is 22.7. The van der Waals surface area contributed by atoms with Gasteiger partial charge >= 0.3 is 6.09 Å². The summed E-state index contributed by atoms with van der Waals surface area (Å²) in [5.74, 6) is -0.315. The van der Waals surface area contributed by atoms with Gasteiger partial charge in [0.15, 0.2) is 11.6 Å². The van der Waals surface area contributed by atoms with E-state index in [0.717, 1.165) is 0 Å². The van der Waals surface area contributed by atoms with Crippen molar-refractivity contribution in [1.29, 1.82) is 0 Å². The number of benzene rings is 2. The van der Waals surface area contributed by atoms with Crippen LogP contribution in [0.15, 0.2) is 59.7 Å². The van der Waals surface area contributed by atoms with Crippen LogP contribution >= 0.6 is 0 Å². The number of likely N-dealkylation sites (tertiary alicyclic amines) is 1.